The number of benzene rings is 2. The number of rotatable bonds is 4. The molecule has 0 aliphatic carbocycles. The number of fused-ring (bicyclic) bond motifs is 3. The number of β-amino-alcohol motifs (C(OH)–C–C–N with tert-alkyl or cyclic N) is 1. The van der Waals surface area contributed by atoms with Crippen LogP contribution in [0.25, 0.3) is 11.2 Å². The predicted molar refractivity (Wildman–Crippen MR) is 126 cm³/mol. The molecular formula is C23H22ClN5O4. The molecule has 33 heavy (non-hydrogen) atoms. The third kappa shape index (κ3) is 3.49. The molecule has 4 aromatic rings. The quantitative estimate of drug-likeness (QED) is 0.494. The first-order valence-electron chi connectivity index (χ1n) is 10.4. The smallest absolute Gasteiger partial charge is 0.332 e. The summed E-state index contributed by atoms with van der Waals surface area (Å²) >= 11 is 6.27. The molecular weight excluding hydrogens is 446 g/mol. The normalized spacial score (nSPS) is 15.6. The van der Waals surface area contributed by atoms with Crippen molar-refractivity contribution in [1.29, 1.82) is 0 Å². The number of hydrogen-bond donors (Lipinski definition) is 1. The molecule has 5 rings (SSSR count). The fourth-order valence-corrected chi connectivity index (χ4v) is 4.41. The molecule has 0 amide bonds. The monoisotopic (exact) mass is 467 g/mol. The van der Waals surface area contributed by atoms with Gasteiger partial charge in [0.2, 0.25) is 5.95 Å². The molecule has 1 N–H and O–H groups in total. The number of anilines is 2. The van der Waals surface area contributed by atoms with E-state index in [1.54, 1.807) is 43.0 Å². The van der Waals surface area contributed by atoms with Crippen molar-refractivity contribution in [2.75, 3.05) is 18.6 Å². The zero-order valence-electron chi connectivity index (χ0n) is 18.1. The lowest BCUT2D eigenvalue weighted by Gasteiger charge is -2.32. The summed E-state index contributed by atoms with van der Waals surface area (Å²) in [6.45, 7) is 0.530. The van der Waals surface area contributed by atoms with E-state index in [0.717, 1.165) is 10.3 Å². The van der Waals surface area contributed by atoms with Crippen molar-refractivity contribution in [2.45, 2.75) is 19.2 Å². The standard InChI is InChI=1S/C23H22ClN5O4/c1-26-20-19(21(31)29(23(26)32)11-14-5-3-4-6-18(14)24)28-13-16(30)12-27(22(28)25-20)15-7-9-17(33-2)10-8-15/h3-10,16,30H,11-13H2,1-2H3. The van der Waals surface area contributed by atoms with E-state index in [9.17, 15) is 14.7 Å². The van der Waals surface area contributed by atoms with Gasteiger partial charge in [-0.1, -0.05) is 29.8 Å². The van der Waals surface area contributed by atoms with Gasteiger partial charge in [-0.25, -0.2) is 4.79 Å². The summed E-state index contributed by atoms with van der Waals surface area (Å²) < 4.78 is 9.42. The first-order valence-corrected chi connectivity index (χ1v) is 10.8. The van der Waals surface area contributed by atoms with E-state index in [4.69, 9.17) is 16.3 Å². The van der Waals surface area contributed by atoms with E-state index >= 15 is 0 Å². The highest BCUT2D eigenvalue weighted by molar-refractivity contribution is 6.31. The highest BCUT2D eigenvalue weighted by Crippen LogP contribution is 2.32. The lowest BCUT2D eigenvalue weighted by atomic mass is 10.2. The van der Waals surface area contributed by atoms with Crippen LogP contribution in [0.15, 0.2) is 58.1 Å². The van der Waals surface area contributed by atoms with E-state index in [-0.39, 0.29) is 24.3 Å². The molecule has 3 heterocycles. The van der Waals surface area contributed by atoms with Gasteiger partial charge in [-0.05, 0) is 35.9 Å². The molecule has 0 spiro atoms. The van der Waals surface area contributed by atoms with Gasteiger partial charge < -0.3 is 19.3 Å². The molecule has 1 aliphatic rings. The number of nitrogens with zero attached hydrogens (tertiary/aromatic N) is 5. The van der Waals surface area contributed by atoms with E-state index in [1.165, 1.54) is 4.57 Å². The zero-order valence-corrected chi connectivity index (χ0v) is 18.9. The number of ether oxygens (including phenoxy) is 1. The lowest BCUT2D eigenvalue weighted by Crippen LogP contribution is -2.42. The zero-order chi connectivity index (χ0) is 23.3. The molecule has 2 aromatic carbocycles. The van der Waals surface area contributed by atoms with Gasteiger partial charge in [-0.15, -0.1) is 0 Å². The summed E-state index contributed by atoms with van der Waals surface area (Å²) in [6, 6.07) is 14.4. The number of aryl methyl sites for hydroxylation is 1. The van der Waals surface area contributed by atoms with Crippen LogP contribution in [0.5, 0.6) is 5.75 Å². The van der Waals surface area contributed by atoms with Gasteiger partial charge in [0.1, 0.15) is 5.75 Å². The van der Waals surface area contributed by atoms with Crippen LogP contribution >= 0.6 is 11.6 Å². The molecule has 0 saturated heterocycles. The summed E-state index contributed by atoms with van der Waals surface area (Å²) in [5.74, 6) is 1.19. The maximum absolute atomic E-state index is 13.5. The Morgan fingerprint density at radius 2 is 1.85 bits per heavy atom. The van der Waals surface area contributed by atoms with Gasteiger partial charge >= 0.3 is 5.69 Å². The third-order valence-corrected chi connectivity index (χ3v) is 6.28. The van der Waals surface area contributed by atoms with Gasteiger partial charge in [-0.3, -0.25) is 13.9 Å². The summed E-state index contributed by atoms with van der Waals surface area (Å²) in [6.07, 6.45) is -0.731. The number of aliphatic hydroxyl groups excluding tert-OH is 1. The molecule has 1 aliphatic heterocycles. The maximum atomic E-state index is 13.5. The van der Waals surface area contributed by atoms with Crippen molar-refractivity contribution in [1.82, 2.24) is 18.7 Å². The summed E-state index contributed by atoms with van der Waals surface area (Å²) in [4.78, 5) is 33.1. The second-order valence-electron chi connectivity index (χ2n) is 7.98. The molecule has 170 valence electrons. The number of aromatic nitrogens is 4. The minimum Gasteiger partial charge on any atom is -0.497 e. The van der Waals surface area contributed by atoms with Crippen LogP contribution in [0.2, 0.25) is 5.02 Å². The van der Waals surface area contributed by atoms with Crippen LogP contribution in [0, 0.1) is 0 Å². The van der Waals surface area contributed by atoms with Gasteiger partial charge in [0, 0.05) is 17.8 Å². The molecule has 10 heteroatoms. The Labute approximate surface area is 193 Å². The molecule has 1 unspecified atom stereocenters. The van der Waals surface area contributed by atoms with Gasteiger partial charge in [0.25, 0.3) is 5.56 Å². The minimum absolute atomic E-state index is 0.0341. The Morgan fingerprint density at radius 1 is 1.12 bits per heavy atom. The topological polar surface area (TPSA) is 94.5 Å². The number of hydrogen-bond acceptors (Lipinski definition) is 6. The van der Waals surface area contributed by atoms with Crippen LogP contribution < -0.4 is 20.9 Å². The average molecular weight is 468 g/mol. The van der Waals surface area contributed by atoms with Crippen molar-refractivity contribution in [3.05, 3.63) is 80.0 Å². The molecule has 0 fully saturated rings. The minimum atomic E-state index is -0.731. The summed E-state index contributed by atoms with van der Waals surface area (Å²) in [7, 11) is 3.17. The SMILES string of the molecule is COc1ccc(N2CC(O)Cn3c2nc2c3c(=O)n(Cc3ccccc3Cl)c(=O)n2C)cc1. The van der Waals surface area contributed by atoms with Crippen LogP contribution in [0.4, 0.5) is 11.6 Å². The van der Waals surface area contributed by atoms with E-state index in [0.29, 0.717) is 28.8 Å². The van der Waals surface area contributed by atoms with Crippen molar-refractivity contribution in [3.63, 3.8) is 0 Å². The summed E-state index contributed by atoms with van der Waals surface area (Å²) in [5.41, 5.74) is 1.01. The van der Waals surface area contributed by atoms with Gasteiger partial charge in [-0.2, -0.15) is 4.98 Å². The largest absolute Gasteiger partial charge is 0.497 e. The number of imidazole rings is 1. The average Bonchev–Trinajstić information content (AvgIpc) is 3.20. The fourth-order valence-electron chi connectivity index (χ4n) is 4.22. The first-order chi connectivity index (χ1) is 15.9. The molecule has 2 aromatic heterocycles. The van der Waals surface area contributed by atoms with Gasteiger partial charge in [0.15, 0.2) is 11.2 Å². The molecule has 9 nitrogen and oxygen atoms in total. The van der Waals surface area contributed by atoms with Crippen LogP contribution in [0.3, 0.4) is 0 Å². The second kappa shape index (κ2) is 8.09. The van der Waals surface area contributed by atoms with Crippen LogP contribution in [0.1, 0.15) is 5.56 Å². The Kier molecular flexibility index (Phi) is 5.22. The van der Waals surface area contributed by atoms with Crippen LogP contribution in [-0.2, 0) is 20.1 Å². The highest BCUT2D eigenvalue weighted by Gasteiger charge is 2.30. The van der Waals surface area contributed by atoms with Crippen molar-refractivity contribution in [2.24, 2.45) is 7.05 Å². The fraction of sp³-hybridized carbons (Fsp3) is 0.261. The maximum Gasteiger partial charge on any atom is 0.332 e. The number of methoxy groups -OCH3 is 1. The molecule has 0 radical (unpaired) electrons. The summed E-state index contributed by atoms with van der Waals surface area (Å²) in [5, 5.41) is 11.1. The van der Waals surface area contributed by atoms with E-state index in [2.05, 4.69) is 4.98 Å². The predicted octanol–water partition coefficient (Wildman–Crippen LogP) is 2.12. The van der Waals surface area contributed by atoms with E-state index < -0.39 is 17.4 Å². The Hall–Kier alpha value is -3.56. The number of halogens is 1. The van der Waals surface area contributed by atoms with Crippen molar-refractivity contribution < 1.29 is 9.84 Å². The van der Waals surface area contributed by atoms with Crippen LogP contribution in [-0.4, -0.2) is 43.6 Å². The lowest BCUT2D eigenvalue weighted by molar-refractivity contribution is 0.154. The Morgan fingerprint density at radius 3 is 2.55 bits per heavy atom. The Balaban J connectivity index is 1.70. The molecule has 0 bridgehead atoms. The van der Waals surface area contributed by atoms with Crippen molar-refractivity contribution >= 4 is 34.4 Å². The third-order valence-electron chi connectivity index (χ3n) is 5.91. The molecule has 1 atom stereocenters. The highest BCUT2D eigenvalue weighted by atomic mass is 35.5. The van der Waals surface area contributed by atoms with Gasteiger partial charge in [0.05, 0.1) is 32.8 Å². The van der Waals surface area contributed by atoms with Crippen molar-refractivity contribution in [3.8, 4) is 5.75 Å². The Bertz CT molecular complexity index is 1470. The van der Waals surface area contributed by atoms with E-state index in [1.807, 2.05) is 29.2 Å². The molecule has 0 saturated carbocycles. The first kappa shape index (κ1) is 21.3. The number of aliphatic hydroxyl groups is 1. The second-order valence-corrected chi connectivity index (χ2v) is 8.39.